The molecule has 0 saturated heterocycles. The normalized spacial score (nSPS) is 13.5. The average molecular weight is 529 g/mol. The Labute approximate surface area is 200 Å². The Bertz CT molecular complexity index is 284. The fourth-order valence-corrected chi connectivity index (χ4v) is 35.1. The summed E-state index contributed by atoms with van der Waals surface area (Å²) in [7, 11) is -5.14. The molecule has 0 spiro atoms. The van der Waals surface area contributed by atoms with Crippen LogP contribution in [0.4, 0.5) is 0 Å². The molecule has 0 aromatic heterocycles. The molecule has 0 rings (SSSR count). The van der Waals surface area contributed by atoms with E-state index < -0.39 is 48.4 Å². The number of rotatable bonds is 6. The van der Waals surface area contributed by atoms with Gasteiger partial charge in [-0.25, -0.2) is 0 Å². The van der Waals surface area contributed by atoms with E-state index >= 15 is 0 Å². The van der Waals surface area contributed by atoms with Gasteiger partial charge in [0.1, 0.15) is 0 Å². The molecule has 28 heavy (non-hydrogen) atoms. The van der Waals surface area contributed by atoms with Gasteiger partial charge in [-0.15, -0.1) is 48.4 Å². The Morgan fingerprint density at radius 3 is 0.321 bits per heavy atom. The van der Waals surface area contributed by atoms with Crippen molar-refractivity contribution >= 4 is 48.4 Å². The van der Waals surface area contributed by atoms with E-state index in [-0.39, 0.29) is 18.6 Å². The zero-order valence-corrected chi connectivity index (χ0v) is 30.6. The van der Waals surface area contributed by atoms with Gasteiger partial charge in [-0.3, -0.25) is 0 Å². The second-order valence-electron chi connectivity index (χ2n) is 14.6. The number of hydrogen-bond acceptors (Lipinski definition) is 0. The molecule has 0 aliphatic carbocycles. The molecule has 0 aromatic carbocycles. The Hall–Kier alpha value is 1.89. The summed E-state index contributed by atoms with van der Waals surface area (Å²) < 4.78 is 0. The smallest absolute Gasteiger partial charge is 0 e. The molecule has 0 unspecified atom stereocenters. The second kappa shape index (κ2) is 13.4. The molecule has 0 aromatic rings. The maximum absolute atomic E-state index is 2.65. The van der Waals surface area contributed by atoms with E-state index in [9.17, 15) is 0 Å². The summed E-state index contributed by atoms with van der Waals surface area (Å²) in [6, 6.07) is 0. The molecule has 0 N–H and O–H groups in total. The minimum absolute atomic E-state index is 0. The van der Waals surface area contributed by atoms with Gasteiger partial charge in [-0.1, -0.05) is 118 Å². The van der Waals surface area contributed by atoms with E-state index in [0.717, 1.165) is 0 Å². The standard InChI is InChI=1S/3C7H19Si2.V/c3*1-8(2,3)7-9(4,5)6;/h3*7H,1-6H3;/q3*-1;. The van der Waals surface area contributed by atoms with Crippen LogP contribution in [0.15, 0.2) is 0 Å². The van der Waals surface area contributed by atoms with Crippen molar-refractivity contribution in [1.29, 1.82) is 0 Å². The van der Waals surface area contributed by atoms with Gasteiger partial charge in [0.2, 0.25) is 0 Å². The second-order valence-corrected chi connectivity index (χ2v) is 46.5. The van der Waals surface area contributed by atoms with E-state index in [1.54, 1.807) is 0 Å². The van der Waals surface area contributed by atoms with Gasteiger partial charge in [0.15, 0.2) is 0 Å². The van der Waals surface area contributed by atoms with Crippen molar-refractivity contribution < 1.29 is 18.6 Å². The first kappa shape index (κ1) is 37.2. The minimum Gasteiger partial charge on any atom is -0.327 e. The first-order valence-electron chi connectivity index (χ1n) is 10.7. The van der Waals surface area contributed by atoms with Gasteiger partial charge < -0.3 is 17.0 Å². The molecule has 0 atom stereocenters. The van der Waals surface area contributed by atoms with E-state index in [0.29, 0.717) is 0 Å². The Morgan fingerprint density at radius 2 is 0.321 bits per heavy atom. The fourth-order valence-electron chi connectivity index (χ4n) is 3.90. The van der Waals surface area contributed by atoms with Crippen LogP contribution >= 0.6 is 0 Å². The van der Waals surface area contributed by atoms with E-state index in [2.05, 4.69) is 135 Å². The Balaban J connectivity index is -0.000000152. The summed E-state index contributed by atoms with van der Waals surface area (Å²) >= 11 is 0. The van der Waals surface area contributed by atoms with Crippen LogP contribution in [0.5, 0.6) is 0 Å². The van der Waals surface area contributed by atoms with Crippen molar-refractivity contribution in [3.05, 3.63) is 17.0 Å². The molecule has 173 valence electrons. The monoisotopic (exact) mass is 528 g/mol. The van der Waals surface area contributed by atoms with Crippen LogP contribution in [0, 0.1) is 17.0 Å². The summed E-state index contributed by atoms with van der Waals surface area (Å²) in [6.07, 6.45) is 0. The molecule has 0 heterocycles. The summed E-state index contributed by atoms with van der Waals surface area (Å²) in [6.45, 7) is 43.3. The van der Waals surface area contributed by atoms with E-state index in [1.807, 2.05) is 0 Å². The third-order valence-corrected chi connectivity index (χ3v) is 23.4. The van der Waals surface area contributed by atoms with Crippen LogP contribution in [0.25, 0.3) is 0 Å². The van der Waals surface area contributed by atoms with E-state index in [4.69, 9.17) is 0 Å². The number of hydrogen-bond donors (Lipinski definition) is 0. The SMILES string of the molecule is C[Si](C)(C)[CH-][Si](C)(C)C.C[Si](C)(C)[CH-][Si](C)(C)C.C[Si](C)(C)[CH-][Si](C)(C)C.[V]. The zero-order valence-electron chi connectivity index (χ0n) is 23.2. The van der Waals surface area contributed by atoms with Crippen molar-refractivity contribution in [3.63, 3.8) is 0 Å². The molecule has 0 saturated carbocycles. The molecule has 0 bridgehead atoms. The minimum atomic E-state index is -0.856. The van der Waals surface area contributed by atoms with Gasteiger partial charge in [0.25, 0.3) is 0 Å². The fraction of sp³-hybridized carbons (Fsp3) is 0.857. The summed E-state index contributed by atoms with van der Waals surface area (Å²) in [5, 5.41) is 0. The average Bonchev–Trinajstić information content (AvgIpc) is 1.96. The predicted octanol–water partition coefficient (Wildman–Crippen LogP) is 8.83. The van der Waals surface area contributed by atoms with Crippen molar-refractivity contribution in [3.8, 4) is 0 Å². The summed E-state index contributed by atoms with van der Waals surface area (Å²) in [4.78, 5) is 0. The largest absolute Gasteiger partial charge is 0.327 e. The zero-order chi connectivity index (χ0) is 23.1. The molecular formula is C21H57Si6V-3. The quantitative estimate of drug-likeness (QED) is 0.238. The molecule has 0 amide bonds. The Morgan fingerprint density at radius 1 is 0.250 bits per heavy atom. The van der Waals surface area contributed by atoms with Crippen LogP contribution in [-0.4, -0.2) is 48.4 Å². The van der Waals surface area contributed by atoms with Crippen LogP contribution in [-0.2, 0) is 18.6 Å². The predicted molar refractivity (Wildman–Crippen MR) is 153 cm³/mol. The van der Waals surface area contributed by atoms with Gasteiger partial charge in [0, 0.05) is 18.6 Å². The molecule has 0 fully saturated rings. The van der Waals surface area contributed by atoms with Crippen LogP contribution in [0.3, 0.4) is 0 Å². The summed E-state index contributed by atoms with van der Waals surface area (Å²) in [5.74, 6) is 0. The van der Waals surface area contributed by atoms with Crippen LogP contribution < -0.4 is 0 Å². The van der Waals surface area contributed by atoms with Crippen LogP contribution in [0.2, 0.25) is 118 Å². The molecule has 7 heteroatoms. The van der Waals surface area contributed by atoms with Crippen molar-refractivity contribution in [1.82, 2.24) is 0 Å². The van der Waals surface area contributed by atoms with Crippen LogP contribution in [0.1, 0.15) is 0 Å². The molecule has 0 nitrogen and oxygen atoms in total. The first-order chi connectivity index (χ1) is 11.1. The Kier molecular flexibility index (Phi) is 17.9. The van der Waals surface area contributed by atoms with Gasteiger partial charge in [0.05, 0.1) is 0 Å². The molecular weight excluding hydrogens is 472 g/mol. The topological polar surface area (TPSA) is 0 Å². The van der Waals surface area contributed by atoms with Crippen molar-refractivity contribution in [2.45, 2.75) is 118 Å². The molecule has 1 radical (unpaired) electrons. The first-order valence-corrected chi connectivity index (χ1v) is 32.2. The van der Waals surface area contributed by atoms with E-state index in [1.165, 1.54) is 0 Å². The summed E-state index contributed by atoms with van der Waals surface area (Å²) in [5.41, 5.74) is 7.96. The van der Waals surface area contributed by atoms with Crippen molar-refractivity contribution in [2.24, 2.45) is 0 Å². The maximum atomic E-state index is 2.65. The van der Waals surface area contributed by atoms with Crippen molar-refractivity contribution in [2.75, 3.05) is 0 Å². The maximum Gasteiger partial charge on any atom is 0 e. The third-order valence-electron chi connectivity index (χ3n) is 2.60. The molecule has 0 aliphatic rings. The van der Waals surface area contributed by atoms with Gasteiger partial charge >= 0.3 is 0 Å². The molecule has 0 aliphatic heterocycles. The van der Waals surface area contributed by atoms with Gasteiger partial charge in [-0.05, 0) is 0 Å². The van der Waals surface area contributed by atoms with Gasteiger partial charge in [-0.2, -0.15) is 0 Å². The third kappa shape index (κ3) is 51.0.